The van der Waals surface area contributed by atoms with Gasteiger partial charge in [0.1, 0.15) is 6.61 Å². The Kier molecular flexibility index (Phi) is 10.2. The van der Waals surface area contributed by atoms with Crippen molar-refractivity contribution in [1.29, 1.82) is 0 Å². The molecule has 184 valence electrons. The largest absolute Gasteiger partial charge is 0.493 e. The number of hydrogen-bond acceptors (Lipinski definition) is 6. The van der Waals surface area contributed by atoms with Crippen molar-refractivity contribution in [2.75, 3.05) is 20.3 Å². The molecule has 7 nitrogen and oxygen atoms in total. The van der Waals surface area contributed by atoms with Crippen molar-refractivity contribution < 1.29 is 23.7 Å². The molecule has 0 aliphatic carbocycles. The number of nitrogens with zero attached hydrogens (tertiary/aromatic N) is 1. The van der Waals surface area contributed by atoms with Gasteiger partial charge in [0, 0.05) is 5.56 Å². The van der Waals surface area contributed by atoms with Crippen LogP contribution in [0.4, 0.5) is 0 Å². The highest BCUT2D eigenvalue weighted by molar-refractivity contribution is 14.1. The van der Waals surface area contributed by atoms with Crippen LogP contribution in [0.2, 0.25) is 0 Å². The van der Waals surface area contributed by atoms with Crippen LogP contribution in [-0.4, -0.2) is 32.4 Å². The average molecular weight is 588 g/mol. The molecule has 0 spiro atoms. The second-order valence-corrected chi connectivity index (χ2v) is 8.61. The van der Waals surface area contributed by atoms with Gasteiger partial charge in [-0.05, 0) is 77.4 Å². The van der Waals surface area contributed by atoms with Gasteiger partial charge in [-0.25, -0.2) is 5.43 Å². The smallest absolute Gasteiger partial charge is 0.271 e. The van der Waals surface area contributed by atoms with E-state index in [9.17, 15) is 4.79 Å². The summed E-state index contributed by atoms with van der Waals surface area (Å²) in [5, 5.41) is 4.10. The number of carbonyl (C=O) groups is 1. The van der Waals surface area contributed by atoms with Gasteiger partial charge in [0.25, 0.3) is 5.91 Å². The molecule has 1 N–H and O–H groups in total. The lowest BCUT2D eigenvalue weighted by molar-refractivity contribution is 0.0954. The third kappa shape index (κ3) is 7.61. The molecular weight excluding hydrogens is 559 g/mol. The highest BCUT2D eigenvalue weighted by Crippen LogP contribution is 2.33. The second-order valence-electron chi connectivity index (χ2n) is 7.45. The number of halogens is 1. The summed E-state index contributed by atoms with van der Waals surface area (Å²) in [6.45, 7) is 5.39. The lowest BCUT2D eigenvalue weighted by Gasteiger charge is -2.13. The number of amides is 1. The lowest BCUT2D eigenvalue weighted by atomic mass is 10.2. The quantitative estimate of drug-likeness (QED) is 0.164. The van der Waals surface area contributed by atoms with E-state index in [1.54, 1.807) is 31.5 Å². The molecule has 0 heterocycles. The molecule has 0 aromatic heterocycles. The number of hydrazone groups is 1. The molecule has 0 atom stereocenters. The zero-order valence-electron chi connectivity index (χ0n) is 20.0. The number of benzene rings is 3. The summed E-state index contributed by atoms with van der Waals surface area (Å²) in [5.41, 5.74) is 4.79. The molecule has 0 radical (unpaired) electrons. The summed E-state index contributed by atoms with van der Waals surface area (Å²) in [6, 6.07) is 18.6. The predicted molar refractivity (Wildman–Crippen MR) is 145 cm³/mol. The van der Waals surface area contributed by atoms with Gasteiger partial charge in [0.2, 0.25) is 0 Å². The maximum Gasteiger partial charge on any atom is 0.271 e. The standard InChI is InChI=1S/C27H29IN2O5/c1-4-13-34-26-22(28)14-20(15-25(26)32-3)17-29-30-27(31)21-11-12-23(24(16-21)33-5-2)35-18-19-9-7-6-8-10-19/h6-12,14-17H,4-5,13,18H2,1-3H3,(H,30,31)/b29-17+. The Hall–Kier alpha value is -3.27. The molecule has 0 saturated heterocycles. The minimum absolute atomic E-state index is 0.360. The zero-order valence-corrected chi connectivity index (χ0v) is 22.2. The van der Waals surface area contributed by atoms with Crippen LogP contribution in [0, 0.1) is 3.57 Å². The summed E-state index contributed by atoms with van der Waals surface area (Å²) < 4.78 is 23.7. The third-order valence-electron chi connectivity index (χ3n) is 4.82. The summed E-state index contributed by atoms with van der Waals surface area (Å²) in [7, 11) is 1.59. The molecule has 0 saturated carbocycles. The Morgan fingerprint density at radius 3 is 2.49 bits per heavy atom. The number of carbonyl (C=O) groups excluding carboxylic acids is 1. The first-order chi connectivity index (χ1) is 17.0. The van der Waals surface area contributed by atoms with Crippen molar-refractivity contribution in [3.05, 3.63) is 80.9 Å². The van der Waals surface area contributed by atoms with Crippen LogP contribution in [-0.2, 0) is 6.61 Å². The van der Waals surface area contributed by atoms with E-state index in [1.807, 2.05) is 56.3 Å². The van der Waals surface area contributed by atoms with Crippen molar-refractivity contribution >= 4 is 34.7 Å². The predicted octanol–water partition coefficient (Wildman–Crippen LogP) is 5.83. The van der Waals surface area contributed by atoms with Crippen LogP contribution in [0.15, 0.2) is 65.8 Å². The Morgan fingerprint density at radius 1 is 0.971 bits per heavy atom. The van der Waals surface area contributed by atoms with E-state index >= 15 is 0 Å². The van der Waals surface area contributed by atoms with E-state index in [-0.39, 0.29) is 5.91 Å². The molecule has 3 rings (SSSR count). The van der Waals surface area contributed by atoms with Crippen LogP contribution in [0.3, 0.4) is 0 Å². The first kappa shape index (κ1) is 26.3. The molecular formula is C27H29IN2O5. The highest BCUT2D eigenvalue weighted by atomic mass is 127. The average Bonchev–Trinajstić information content (AvgIpc) is 2.87. The number of rotatable bonds is 12. The fourth-order valence-corrected chi connectivity index (χ4v) is 3.94. The molecule has 1 amide bonds. The van der Waals surface area contributed by atoms with Crippen molar-refractivity contribution in [2.24, 2.45) is 5.10 Å². The zero-order chi connectivity index (χ0) is 25.0. The molecule has 0 bridgehead atoms. The summed E-state index contributed by atoms with van der Waals surface area (Å²) >= 11 is 2.19. The van der Waals surface area contributed by atoms with E-state index in [2.05, 4.69) is 33.1 Å². The molecule has 3 aromatic carbocycles. The van der Waals surface area contributed by atoms with E-state index < -0.39 is 0 Å². The Bertz CT molecular complexity index is 1150. The topological polar surface area (TPSA) is 78.4 Å². The van der Waals surface area contributed by atoms with Gasteiger partial charge in [0.15, 0.2) is 23.0 Å². The normalized spacial score (nSPS) is 10.7. The summed E-state index contributed by atoms with van der Waals surface area (Å²) in [5.74, 6) is 2.03. The first-order valence-electron chi connectivity index (χ1n) is 11.3. The van der Waals surface area contributed by atoms with Gasteiger partial charge in [-0.1, -0.05) is 37.3 Å². The van der Waals surface area contributed by atoms with Crippen molar-refractivity contribution in [3.63, 3.8) is 0 Å². The second kappa shape index (κ2) is 13.6. The van der Waals surface area contributed by atoms with E-state index in [0.717, 1.165) is 21.1 Å². The van der Waals surface area contributed by atoms with Crippen LogP contribution in [0.1, 0.15) is 41.8 Å². The molecule has 35 heavy (non-hydrogen) atoms. The van der Waals surface area contributed by atoms with Crippen LogP contribution >= 0.6 is 22.6 Å². The van der Waals surface area contributed by atoms with E-state index in [4.69, 9.17) is 18.9 Å². The monoisotopic (exact) mass is 588 g/mol. The first-order valence-corrected chi connectivity index (χ1v) is 12.4. The Morgan fingerprint density at radius 2 is 1.77 bits per heavy atom. The number of hydrogen-bond donors (Lipinski definition) is 1. The van der Waals surface area contributed by atoms with Gasteiger partial charge in [-0.3, -0.25) is 4.79 Å². The fourth-order valence-electron chi connectivity index (χ4n) is 3.16. The minimum Gasteiger partial charge on any atom is -0.493 e. The molecule has 0 fully saturated rings. The molecule has 3 aromatic rings. The Balaban J connectivity index is 1.68. The van der Waals surface area contributed by atoms with Gasteiger partial charge in [0.05, 0.1) is 30.1 Å². The maximum atomic E-state index is 12.7. The third-order valence-corrected chi connectivity index (χ3v) is 5.63. The van der Waals surface area contributed by atoms with Gasteiger partial charge >= 0.3 is 0 Å². The highest BCUT2D eigenvalue weighted by Gasteiger charge is 2.13. The van der Waals surface area contributed by atoms with Gasteiger partial charge in [-0.2, -0.15) is 5.10 Å². The van der Waals surface area contributed by atoms with Crippen molar-refractivity contribution in [3.8, 4) is 23.0 Å². The maximum absolute atomic E-state index is 12.7. The van der Waals surface area contributed by atoms with Crippen molar-refractivity contribution in [1.82, 2.24) is 5.43 Å². The van der Waals surface area contributed by atoms with Crippen LogP contribution in [0.25, 0.3) is 0 Å². The van der Waals surface area contributed by atoms with Crippen LogP contribution < -0.4 is 24.4 Å². The molecule has 0 aliphatic rings. The fraction of sp³-hybridized carbons (Fsp3) is 0.259. The van der Waals surface area contributed by atoms with Crippen LogP contribution in [0.5, 0.6) is 23.0 Å². The van der Waals surface area contributed by atoms with Gasteiger partial charge in [-0.15, -0.1) is 0 Å². The van der Waals surface area contributed by atoms with E-state index in [0.29, 0.717) is 48.4 Å². The summed E-state index contributed by atoms with van der Waals surface area (Å²) in [4.78, 5) is 12.7. The molecule has 0 unspecified atom stereocenters. The number of ether oxygens (including phenoxy) is 4. The number of methoxy groups -OCH3 is 1. The minimum atomic E-state index is -0.360. The summed E-state index contributed by atoms with van der Waals surface area (Å²) in [6.07, 6.45) is 2.46. The molecule has 8 heteroatoms. The van der Waals surface area contributed by atoms with E-state index in [1.165, 1.54) is 0 Å². The lowest BCUT2D eigenvalue weighted by Crippen LogP contribution is -2.17. The Labute approximate surface area is 219 Å². The SMILES string of the molecule is CCCOc1c(I)cc(/C=N/NC(=O)c2ccc(OCc3ccccc3)c(OCC)c2)cc1OC. The van der Waals surface area contributed by atoms with Gasteiger partial charge < -0.3 is 18.9 Å². The van der Waals surface area contributed by atoms with Crippen molar-refractivity contribution in [2.45, 2.75) is 26.9 Å². The number of nitrogens with one attached hydrogen (secondary N) is 1. The molecule has 0 aliphatic heterocycles.